The molecule has 0 radical (unpaired) electrons. The molecule has 1 aliphatic heterocycles. The molecule has 0 amide bonds. The van der Waals surface area contributed by atoms with Gasteiger partial charge in [-0.3, -0.25) is 9.69 Å². The van der Waals surface area contributed by atoms with Gasteiger partial charge >= 0.3 is 0 Å². The van der Waals surface area contributed by atoms with E-state index in [9.17, 15) is 9.18 Å². The number of Topliss-reactive ketones (excluding diaryl/α,β-unsaturated/α-hetero) is 1. The van der Waals surface area contributed by atoms with Crippen molar-refractivity contribution in [3.63, 3.8) is 0 Å². The van der Waals surface area contributed by atoms with Crippen LogP contribution in [0, 0.1) is 5.82 Å². The minimum absolute atomic E-state index is 0.105. The number of halogens is 1. The zero-order valence-electron chi connectivity index (χ0n) is 12.1. The maximum atomic E-state index is 12.9. The van der Waals surface area contributed by atoms with Crippen LogP contribution in [0.15, 0.2) is 42.5 Å². The van der Waals surface area contributed by atoms with Crippen molar-refractivity contribution in [2.45, 2.75) is 26.4 Å². The van der Waals surface area contributed by atoms with E-state index in [2.05, 4.69) is 11.0 Å². The van der Waals surface area contributed by atoms with E-state index >= 15 is 0 Å². The van der Waals surface area contributed by atoms with Gasteiger partial charge in [0.1, 0.15) is 5.82 Å². The van der Waals surface area contributed by atoms with Crippen LogP contribution in [0.25, 0.3) is 0 Å². The molecule has 0 unspecified atom stereocenters. The fourth-order valence-corrected chi connectivity index (χ4v) is 2.82. The molecule has 0 aliphatic carbocycles. The average Bonchev–Trinajstić information content (AvgIpc) is 2.49. The molecule has 1 heterocycles. The van der Waals surface area contributed by atoms with E-state index in [1.807, 2.05) is 24.3 Å². The quantitative estimate of drug-likeness (QED) is 0.802. The smallest absolute Gasteiger partial charge is 0.159 e. The number of nitrogens with zero attached hydrogens (tertiary/aromatic N) is 1. The molecule has 0 fully saturated rings. The molecular formula is C18H18FNO. The van der Waals surface area contributed by atoms with Gasteiger partial charge in [0, 0.05) is 25.2 Å². The Hall–Kier alpha value is -2.00. The number of fused-ring (bicyclic) bond motifs is 1. The number of benzene rings is 2. The summed E-state index contributed by atoms with van der Waals surface area (Å²) in [5, 5.41) is 0. The molecule has 2 aromatic rings. The van der Waals surface area contributed by atoms with Gasteiger partial charge in [-0.15, -0.1) is 0 Å². The van der Waals surface area contributed by atoms with Crippen molar-refractivity contribution in [2.75, 3.05) is 6.54 Å². The van der Waals surface area contributed by atoms with Crippen LogP contribution < -0.4 is 0 Å². The van der Waals surface area contributed by atoms with Gasteiger partial charge in [-0.2, -0.15) is 0 Å². The molecule has 0 aromatic heterocycles. The zero-order valence-corrected chi connectivity index (χ0v) is 12.1. The predicted octanol–water partition coefficient (Wildman–Crippen LogP) is 3.59. The Morgan fingerprint density at radius 3 is 2.62 bits per heavy atom. The van der Waals surface area contributed by atoms with Crippen LogP contribution in [-0.4, -0.2) is 17.2 Å². The molecule has 0 N–H and O–H groups in total. The van der Waals surface area contributed by atoms with Crippen LogP contribution in [0.2, 0.25) is 0 Å². The molecule has 2 aromatic carbocycles. The second-order valence-corrected chi connectivity index (χ2v) is 5.63. The topological polar surface area (TPSA) is 20.3 Å². The van der Waals surface area contributed by atoms with Gasteiger partial charge in [0.05, 0.1) is 0 Å². The first-order valence-electron chi connectivity index (χ1n) is 7.21. The largest absolute Gasteiger partial charge is 0.295 e. The van der Waals surface area contributed by atoms with E-state index in [1.165, 1.54) is 23.3 Å². The van der Waals surface area contributed by atoms with Gasteiger partial charge in [0.2, 0.25) is 0 Å². The summed E-state index contributed by atoms with van der Waals surface area (Å²) < 4.78 is 12.9. The Morgan fingerprint density at radius 2 is 1.90 bits per heavy atom. The second kappa shape index (κ2) is 5.78. The van der Waals surface area contributed by atoms with E-state index in [1.54, 1.807) is 6.92 Å². The third kappa shape index (κ3) is 3.19. The summed E-state index contributed by atoms with van der Waals surface area (Å²) in [4.78, 5) is 13.8. The molecule has 3 rings (SSSR count). The standard InChI is InChI=1S/C18H18FNO/c1-13(21)16-5-4-15-8-9-20(12-17(15)10-16)11-14-2-6-18(19)7-3-14/h2-7,10H,8-9,11-12H2,1H3. The van der Waals surface area contributed by atoms with Crippen molar-refractivity contribution >= 4 is 5.78 Å². The SMILES string of the molecule is CC(=O)c1ccc2c(c1)CN(Cc1ccc(F)cc1)CC2. The van der Waals surface area contributed by atoms with Crippen molar-refractivity contribution in [1.29, 1.82) is 0 Å². The third-order valence-corrected chi connectivity index (χ3v) is 4.02. The van der Waals surface area contributed by atoms with Crippen LogP contribution in [0.3, 0.4) is 0 Å². The number of rotatable bonds is 3. The Labute approximate surface area is 124 Å². The van der Waals surface area contributed by atoms with Gasteiger partial charge in [-0.1, -0.05) is 24.3 Å². The monoisotopic (exact) mass is 283 g/mol. The summed E-state index contributed by atoms with van der Waals surface area (Å²) in [5.74, 6) is -0.0951. The van der Waals surface area contributed by atoms with Crippen molar-refractivity contribution in [2.24, 2.45) is 0 Å². The van der Waals surface area contributed by atoms with Gasteiger partial charge in [-0.25, -0.2) is 4.39 Å². The van der Waals surface area contributed by atoms with Crippen LogP contribution in [-0.2, 0) is 19.5 Å². The molecule has 21 heavy (non-hydrogen) atoms. The molecule has 0 atom stereocenters. The lowest BCUT2D eigenvalue weighted by Crippen LogP contribution is -2.30. The molecular weight excluding hydrogens is 265 g/mol. The fraction of sp³-hybridized carbons (Fsp3) is 0.278. The lowest BCUT2D eigenvalue weighted by Gasteiger charge is -2.29. The number of carbonyl (C=O) groups is 1. The first kappa shape index (κ1) is 14.0. The number of hydrogen-bond donors (Lipinski definition) is 0. The first-order chi connectivity index (χ1) is 10.1. The molecule has 0 spiro atoms. The normalized spacial score (nSPS) is 14.8. The van der Waals surface area contributed by atoms with Crippen molar-refractivity contribution < 1.29 is 9.18 Å². The van der Waals surface area contributed by atoms with E-state index in [-0.39, 0.29) is 11.6 Å². The van der Waals surface area contributed by atoms with Gasteiger partial charge in [-0.05, 0) is 48.2 Å². The second-order valence-electron chi connectivity index (χ2n) is 5.63. The fourth-order valence-electron chi connectivity index (χ4n) is 2.82. The summed E-state index contributed by atoms with van der Waals surface area (Å²) in [6.45, 7) is 4.24. The van der Waals surface area contributed by atoms with Gasteiger partial charge in [0.15, 0.2) is 5.78 Å². The van der Waals surface area contributed by atoms with Crippen molar-refractivity contribution in [3.05, 3.63) is 70.5 Å². The van der Waals surface area contributed by atoms with Gasteiger partial charge < -0.3 is 0 Å². The third-order valence-electron chi connectivity index (χ3n) is 4.02. The molecule has 0 saturated carbocycles. The highest BCUT2D eigenvalue weighted by molar-refractivity contribution is 5.94. The summed E-state index contributed by atoms with van der Waals surface area (Å²) in [6.07, 6.45) is 0.995. The summed E-state index contributed by atoms with van der Waals surface area (Å²) in [6, 6.07) is 12.7. The molecule has 108 valence electrons. The van der Waals surface area contributed by atoms with Crippen LogP contribution in [0.4, 0.5) is 4.39 Å². The molecule has 2 nitrogen and oxygen atoms in total. The maximum Gasteiger partial charge on any atom is 0.159 e. The van der Waals surface area contributed by atoms with Crippen molar-refractivity contribution in [1.82, 2.24) is 4.90 Å². The Bertz CT molecular complexity index is 663. The highest BCUT2D eigenvalue weighted by Crippen LogP contribution is 2.22. The minimum atomic E-state index is -0.200. The molecule has 3 heteroatoms. The van der Waals surface area contributed by atoms with E-state index in [0.29, 0.717) is 0 Å². The first-order valence-corrected chi connectivity index (χ1v) is 7.21. The summed E-state index contributed by atoms with van der Waals surface area (Å²) >= 11 is 0. The Morgan fingerprint density at radius 1 is 1.14 bits per heavy atom. The Balaban J connectivity index is 1.75. The molecule has 1 aliphatic rings. The number of carbonyl (C=O) groups excluding carboxylic acids is 1. The number of hydrogen-bond acceptors (Lipinski definition) is 2. The lowest BCUT2D eigenvalue weighted by atomic mass is 9.96. The van der Waals surface area contributed by atoms with Crippen LogP contribution in [0.5, 0.6) is 0 Å². The lowest BCUT2D eigenvalue weighted by molar-refractivity contribution is 0.101. The predicted molar refractivity (Wildman–Crippen MR) is 80.7 cm³/mol. The highest BCUT2D eigenvalue weighted by atomic mass is 19.1. The molecule has 0 bridgehead atoms. The highest BCUT2D eigenvalue weighted by Gasteiger charge is 2.17. The summed E-state index contributed by atoms with van der Waals surface area (Å²) in [7, 11) is 0. The van der Waals surface area contributed by atoms with Crippen LogP contribution in [0.1, 0.15) is 34.0 Å². The molecule has 0 saturated heterocycles. The van der Waals surface area contributed by atoms with E-state index < -0.39 is 0 Å². The zero-order chi connectivity index (χ0) is 14.8. The van der Waals surface area contributed by atoms with Gasteiger partial charge in [0.25, 0.3) is 0 Å². The Kier molecular flexibility index (Phi) is 3.84. The van der Waals surface area contributed by atoms with E-state index in [0.717, 1.165) is 37.2 Å². The van der Waals surface area contributed by atoms with Crippen molar-refractivity contribution in [3.8, 4) is 0 Å². The summed E-state index contributed by atoms with van der Waals surface area (Å²) in [5.41, 5.74) is 4.45. The average molecular weight is 283 g/mol. The van der Waals surface area contributed by atoms with E-state index in [4.69, 9.17) is 0 Å². The maximum absolute atomic E-state index is 12.9. The number of ketones is 1. The minimum Gasteiger partial charge on any atom is -0.295 e. The van der Waals surface area contributed by atoms with Crippen LogP contribution >= 0.6 is 0 Å².